The lowest BCUT2D eigenvalue weighted by atomic mass is 10.1. The molecule has 1 N–H and O–H groups in total. The van der Waals surface area contributed by atoms with Gasteiger partial charge in [0.1, 0.15) is 5.82 Å². The Morgan fingerprint density at radius 1 is 1.41 bits per heavy atom. The average Bonchev–Trinajstić information content (AvgIpc) is 2.33. The maximum absolute atomic E-state index is 13.8. The van der Waals surface area contributed by atoms with Crippen LogP contribution in [0.5, 0.6) is 0 Å². The SMILES string of the molecule is C=CCCNC(C=C)Cc1cccc(Br)c1F. The minimum atomic E-state index is -0.190. The zero-order valence-electron chi connectivity index (χ0n) is 9.76. The molecule has 0 aromatic heterocycles. The number of hydrogen-bond donors (Lipinski definition) is 1. The maximum Gasteiger partial charge on any atom is 0.140 e. The lowest BCUT2D eigenvalue weighted by Crippen LogP contribution is -2.30. The van der Waals surface area contributed by atoms with Crippen molar-refractivity contribution >= 4 is 15.9 Å². The van der Waals surface area contributed by atoms with Crippen LogP contribution >= 0.6 is 15.9 Å². The molecular weight excluding hydrogens is 281 g/mol. The zero-order chi connectivity index (χ0) is 12.7. The zero-order valence-corrected chi connectivity index (χ0v) is 11.3. The molecule has 0 aliphatic heterocycles. The summed E-state index contributed by atoms with van der Waals surface area (Å²) in [6.07, 6.45) is 5.16. The predicted molar refractivity (Wildman–Crippen MR) is 74.6 cm³/mol. The molecule has 0 fully saturated rings. The molecule has 17 heavy (non-hydrogen) atoms. The van der Waals surface area contributed by atoms with Gasteiger partial charge in [-0.3, -0.25) is 0 Å². The van der Waals surface area contributed by atoms with E-state index in [2.05, 4.69) is 34.4 Å². The first-order chi connectivity index (χ1) is 8.19. The standard InChI is InChI=1S/C14H17BrFN/c1-3-5-9-17-12(4-2)10-11-7-6-8-13(15)14(11)16/h3-4,6-8,12,17H,1-2,5,9-10H2. The Morgan fingerprint density at radius 2 is 2.18 bits per heavy atom. The van der Waals surface area contributed by atoms with E-state index in [1.54, 1.807) is 12.1 Å². The van der Waals surface area contributed by atoms with Gasteiger partial charge in [0.2, 0.25) is 0 Å². The molecule has 3 heteroatoms. The summed E-state index contributed by atoms with van der Waals surface area (Å²) in [5.41, 5.74) is 0.690. The van der Waals surface area contributed by atoms with Gasteiger partial charge < -0.3 is 5.32 Å². The molecule has 0 bridgehead atoms. The molecule has 0 amide bonds. The summed E-state index contributed by atoms with van der Waals surface area (Å²) in [6.45, 7) is 8.26. The predicted octanol–water partition coefficient (Wildman–Crippen LogP) is 3.85. The Kier molecular flexibility index (Phi) is 6.16. The van der Waals surface area contributed by atoms with Crippen molar-refractivity contribution in [2.45, 2.75) is 18.9 Å². The molecule has 92 valence electrons. The Morgan fingerprint density at radius 3 is 2.82 bits per heavy atom. The van der Waals surface area contributed by atoms with E-state index in [4.69, 9.17) is 0 Å². The Labute approximate surface area is 111 Å². The van der Waals surface area contributed by atoms with Gasteiger partial charge in [0.05, 0.1) is 4.47 Å². The Bertz CT molecular complexity index is 390. The quantitative estimate of drug-likeness (QED) is 0.595. The summed E-state index contributed by atoms with van der Waals surface area (Å²) < 4.78 is 14.3. The molecule has 1 unspecified atom stereocenters. The van der Waals surface area contributed by atoms with E-state index in [1.807, 2.05) is 18.2 Å². The van der Waals surface area contributed by atoms with Gasteiger partial charge >= 0.3 is 0 Å². The van der Waals surface area contributed by atoms with Gasteiger partial charge in [0.15, 0.2) is 0 Å². The third kappa shape index (κ3) is 4.44. The summed E-state index contributed by atoms with van der Waals surface area (Å²) in [4.78, 5) is 0. The summed E-state index contributed by atoms with van der Waals surface area (Å²) >= 11 is 3.19. The first-order valence-electron chi connectivity index (χ1n) is 5.58. The van der Waals surface area contributed by atoms with E-state index in [0.717, 1.165) is 13.0 Å². The van der Waals surface area contributed by atoms with Crippen LogP contribution in [-0.4, -0.2) is 12.6 Å². The lowest BCUT2D eigenvalue weighted by Gasteiger charge is -2.15. The van der Waals surface area contributed by atoms with Gasteiger partial charge in [0.25, 0.3) is 0 Å². The first-order valence-corrected chi connectivity index (χ1v) is 6.38. The van der Waals surface area contributed by atoms with Crippen LogP contribution in [-0.2, 0) is 6.42 Å². The van der Waals surface area contributed by atoms with E-state index in [0.29, 0.717) is 16.5 Å². The number of nitrogens with one attached hydrogen (secondary N) is 1. The fraction of sp³-hybridized carbons (Fsp3) is 0.286. The van der Waals surface area contributed by atoms with Crippen molar-refractivity contribution in [3.63, 3.8) is 0 Å². The molecule has 1 aromatic rings. The van der Waals surface area contributed by atoms with Crippen LogP contribution in [0.4, 0.5) is 4.39 Å². The largest absolute Gasteiger partial charge is 0.310 e. The second kappa shape index (κ2) is 7.41. The van der Waals surface area contributed by atoms with Gasteiger partial charge in [-0.25, -0.2) is 4.39 Å². The van der Waals surface area contributed by atoms with Crippen LogP contribution in [0.15, 0.2) is 48.0 Å². The van der Waals surface area contributed by atoms with Gasteiger partial charge in [0, 0.05) is 6.04 Å². The summed E-state index contributed by atoms with van der Waals surface area (Å²) in [5.74, 6) is -0.190. The molecule has 1 rings (SSSR count). The second-order valence-corrected chi connectivity index (χ2v) is 4.65. The minimum Gasteiger partial charge on any atom is -0.310 e. The molecule has 1 nitrogen and oxygen atoms in total. The number of benzene rings is 1. The normalized spacial score (nSPS) is 12.1. The van der Waals surface area contributed by atoms with Crippen LogP contribution in [0.25, 0.3) is 0 Å². The summed E-state index contributed by atoms with van der Waals surface area (Å²) in [5, 5.41) is 3.29. The van der Waals surface area contributed by atoms with Crippen LogP contribution in [0.1, 0.15) is 12.0 Å². The van der Waals surface area contributed by atoms with Crippen LogP contribution in [0.3, 0.4) is 0 Å². The molecule has 0 heterocycles. The van der Waals surface area contributed by atoms with Crippen molar-refractivity contribution < 1.29 is 4.39 Å². The highest BCUT2D eigenvalue weighted by Gasteiger charge is 2.10. The number of rotatable bonds is 7. The van der Waals surface area contributed by atoms with Crippen LogP contribution in [0, 0.1) is 5.82 Å². The highest BCUT2D eigenvalue weighted by Crippen LogP contribution is 2.19. The summed E-state index contributed by atoms with van der Waals surface area (Å²) in [7, 11) is 0. The molecule has 0 saturated heterocycles. The number of halogens is 2. The van der Waals surface area contributed by atoms with Gasteiger partial charge in [-0.15, -0.1) is 13.2 Å². The second-order valence-electron chi connectivity index (χ2n) is 3.79. The Hall–Kier alpha value is -0.930. The Balaban J connectivity index is 2.63. The van der Waals surface area contributed by atoms with E-state index in [1.165, 1.54) is 0 Å². The van der Waals surface area contributed by atoms with E-state index >= 15 is 0 Å². The van der Waals surface area contributed by atoms with Crippen molar-refractivity contribution in [1.82, 2.24) is 5.32 Å². The van der Waals surface area contributed by atoms with Gasteiger partial charge in [-0.2, -0.15) is 0 Å². The maximum atomic E-state index is 13.8. The minimum absolute atomic E-state index is 0.0822. The van der Waals surface area contributed by atoms with Crippen molar-refractivity contribution in [1.29, 1.82) is 0 Å². The summed E-state index contributed by atoms with van der Waals surface area (Å²) in [6, 6.07) is 5.42. The van der Waals surface area contributed by atoms with Gasteiger partial charge in [-0.1, -0.05) is 24.3 Å². The lowest BCUT2D eigenvalue weighted by molar-refractivity contribution is 0.559. The first kappa shape index (κ1) is 14.1. The number of hydrogen-bond acceptors (Lipinski definition) is 1. The molecular formula is C14H17BrFN. The molecule has 0 spiro atoms. The fourth-order valence-corrected chi connectivity index (χ4v) is 1.96. The molecule has 1 aromatic carbocycles. The van der Waals surface area contributed by atoms with E-state index in [9.17, 15) is 4.39 Å². The topological polar surface area (TPSA) is 12.0 Å². The van der Waals surface area contributed by atoms with Crippen LogP contribution < -0.4 is 5.32 Å². The van der Waals surface area contributed by atoms with E-state index < -0.39 is 0 Å². The van der Waals surface area contributed by atoms with Crippen LogP contribution in [0.2, 0.25) is 0 Å². The molecule has 0 radical (unpaired) electrons. The molecule has 1 atom stereocenters. The van der Waals surface area contributed by atoms with Crippen molar-refractivity contribution in [3.8, 4) is 0 Å². The smallest absolute Gasteiger partial charge is 0.140 e. The van der Waals surface area contributed by atoms with Crippen molar-refractivity contribution in [3.05, 3.63) is 59.4 Å². The third-order valence-electron chi connectivity index (χ3n) is 2.51. The van der Waals surface area contributed by atoms with Gasteiger partial charge in [-0.05, 0) is 46.9 Å². The third-order valence-corrected chi connectivity index (χ3v) is 3.12. The average molecular weight is 298 g/mol. The highest BCUT2D eigenvalue weighted by atomic mass is 79.9. The molecule has 0 saturated carbocycles. The fourth-order valence-electron chi connectivity index (χ4n) is 1.55. The highest BCUT2D eigenvalue weighted by molar-refractivity contribution is 9.10. The molecule has 0 aliphatic rings. The van der Waals surface area contributed by atoms with Crippen molar-refractivity contribution in [2.24, 2.45) is 0 Å². The van der Waals surface area contributed by atoms with E-state index in [-0.39, 0.29) is 11.9 Å². The monoisotopic (exact) mass is 297 g/mol. The molecule has 0 aliphatic carbocycles. The van der Waals surface area contributed by atoms with Crippen molar-refractivity contribution in [2.75, 3.05) is 6.54 Å².